The SMILES string of the molecule is CC(C)CN1CCN(S(=O)(=O)c2ncccc2F)CC1. The molecule has 1 saturated heterocycles. The highest BCUT2D eigenvalue weighted by Crippen LogP contribution is 2.18. The molecule has 1 aromatic rings. The first-order valence-electron chi connectivity index (χ1n) is 6.74. The van der Waals surface area contributed by atoms with E-state index in [1.54, 1.807) is 0 Å². The van der Waals surface area contributed by atoms with Crippen molar-refractivity contribution in [2.45, 2.75) is 18.9 Å². The van der Waals surface area contributed by atoms with Gasteiger partial charge in [0.2, 0.25) is 5.03 Å². The van der Waals surface area contributed by atoms with Crippen molar-refractivity contribution < 1.29 is 12.8 Å². The van der Waals surface area contributed by atoms with E-state index in [4.69, 9.17) is 0 Å². The first-order chi connectivity index (χ1) is 9.41. The van der Waals surface area contributed by atoms with Gasteiger partial charge in [0.05, 0.1) is 0 Å². The second kappa shape index (κ2) is 6.15. The maximum Gasteiger partial charge on any atom is 0.263 e. The Labute approximate surface area is 119 Å². The smallest absolute Gasteiger partial charge is 0.263 e. The summed E-state index contributed by atoms with van der Waals surface area (Å²) in [5, 5.41) is -0.475. The van der Waals surface area contributed by atoms with E-state index in [2.05, 4.69) is 23.7 Å². The summed E-state index contributed by atoms with van der Waals surface area (Å²) in [6, 6.07) is 2.50. The molecule has 0 saturated carbocycles. The van der Waals surface area contributed by atoms with E-state index >= 15 is 0 Å². The van der Waals surface area contributed by atoms with Crippen LogP contribution in [0.5, 0.6) is 0 Å². The summed E-state index contributed by atoms with van der Waals surface area (Å²) in [5.74, 6) is -0.247. The molecule has 1 aromatic heterocycles. The van der Waals surface area contributed by atoms with Crippen LogP contribution in [0.3, 0.4) is 0 Å². The van der Waals surface area contributed by atoms with Crippen molar-refractivity contribution in [3.63, 3.8) is 0 Å². The minimum atomic E-state index is -3.82. The molecule has 112 valence electrons. The number of aromatic nitrogens is 1. The van der Waals surface area contributed by atoms with E-state index in [9.17, 15) is 12.8 Å². The van der Waals surface area contributed by atoms with E-state index in [0.717, 1.165) is 12.6 Å². The lowest BCUT2D eigenvalue weighted by molar-refractivity contribution is 0.172. The van der Waals surface area contributed by atoms with Gasteiger partial charge < -0.3 is 4.90 Å². The van der Waals surface area contributed by atoms with Crippen molar-refractivity contribution in [2.24, 2.45) is 5.92 Å². The first kappa shape index (κ1) is 15.3. The molecule has 0 atom stereocenters. The summed E-state index contributed by atoms with van der Waals surface area (Å²) in [6.45, 7) is 7.32. The summed E-state index contributed by atoms with van der Waals surface area (Å²) < 4.78 is 39.6. The van der Waals surface area contributed by atoms with Gasteiger partial charge in [-0.25, -0.2) is 17.8 Å². The average Bonchev–Trinajstić information content (AvgIpc) is 2.39. The normalized spacial score (nSPS) is 18.6. The second-order valence-corrected chi connectivity index (χ2v) is 7.24. The minimum Gasteiger partial charge on any atom is -0.300 e. The predicted octanol–water partition coefficient (Wildman–Crippen LogP) is 1.18. The lowest BCUT2D eigenvalue weighted by Crippen LogP contribution is -2.49. The highest BCUT2D eigenvalue weighted by Gasteiger charge is 2.31. The van der Waals surface area contributed by atoms with Gasteiger partial charge in [-0.3, -0.25) is 0 Å². The predicted molar refractivity (Wildman–Crippen MR) is 74.2 cm³/mol. The molecule has 0 spiro atoms. The van der Waals surface area contributed by atoms with Crippen molar-refractivity contribution >= 4 is 10.0 Å². The summed E-state index contributed by atoms with van der Waals surface area (Å²) in [5.41, 5.74) is 0. The molecule has 20 heavy (non-hydrogen) atoms. The van der Waals surface area contributed by atoms with E-state index < -0.39 is 20.9 Å². The van der Waals surface area contributed by atoms with Gasteiger partial charge in [0.15, 0.2) is 5.82 Å². The third-order valence-electron chi connectivity index (χ3n) is 3.26. The minimum absolute atomic E-state index is 0.380. The van der Waals surface area contributed by atoms with Crippen LogP contribution in [0, 0.1) is 11.7 Å². The van der Waals surface area contributed by atoms with Crippen LogP contribution in [-0.4, -0.2) is 55.3 Å². The van der Waals surface area contributed by atoms with Crippen LogP contribution in [0.25, 0.3) is 0 Å². The molecule has 2 rings (SSSR count). The van der Waals surface area contributed by atoms with E-state index in [-0.39, 0.29) is 0 Å². The van der Waals surface area contributed by atoms with Crippen molar-refractivity contribution in [2.75, 3.05) is 32.7 Å². The van der Waals surface area contributed by atoms with E-state index in [1.165, 1.54) is 16.6 Å². The molecule has 1 fully saturated rings. The Morgan fingerprint density at radius 3 is 2.50 bits per heavy atom. The zero-order valence-electron chi connectivity index (χ0n) is 11.8. The summed E-state index contributed by atoms with van der Waals surface area (Å²) in [4.78, 5) is 5.90. The van der Waals surface area contributed by atoms with Crippen molar-refractivity contribution in [1.82, 2.24) is 14.2 Å². The number of halogens is 1. The average molecular weight is 301 g/mol. The van der Waals surface area contributed by atoms with Gasteiger partial charge in [-0.05, 0) is 18.1 Å². The van der Waals surface area contributed by atoms with E-state index in [0.29, 0.717) is 32.1 Å². The molecule has 0 unspecified atom stereocenters. The van der Waals surface area contributed by atoms with Crippen LogP contribution in [0.15, 0.2) is 23.4 Å². The third-order valence-corrected chi connectivity index (χ3v) is 5.10. The maximum absolute atomic E-state index is 13.6. The molecule has 2 heterocycles. The summed E-state index contributed by atoms with van der Waals surface area (Å²) in [6.07, 6.45) is 1.30. The fourth-order valence-corrected chi connectivity index (χ4v) is 3.75. The fourth-order valence-electron chi connectivity index (χ4n) is 2.35. The highest BCUT2D eigenvalue weighted by atomic mass is 32.2. The van der Waals surface area contributed by atoms with E-state index in [1.807, 2.05) is 0 Å². The van der Waals surface area contributed by atoms with Crippen LogP contribution < -0.4 is 0 Å². The summed E-state index contributed by atoms with van der Waals surface area (Å²) >= 11 is 0. The Morgan fingerprint density at radius 1 is 1.30 bits per heavy atom. The molecular weight excluding hydrogens is 281 g/mol. The van der Waals surface area contributed by atoms with Gasteiger partial charge in [0, 0.05) is 38.9 Å². The second-order valence-electron chi connectivity index (χ2n) is 5.39. The molecule has 0 aromatic carbocycles. The quantitative estimate of drug-likeness (QED) is 0.838. The Bertz CT molecular complexity index is 554. The zero-order valence-corrected chi connectivity index (χ0v) is 12.6. The number of hydrogen-bond acceptors (Lipinski definition) is 4. The standard InChI is InChI=1S/C13H20FN3O2S/c1-11(2)10-16-6-8-17(9-7-16)20(18,19)13-12(14)4-3-5-15-13/h3-5,11H,6-10H2,1-2H3. The molecule has 0 radical (unpaired) electrons. The van der Waals surface area contributed by atoms with Crippen LogP contribution in [0.4, 0.5) is 4.39 Å². The number of piperazine rings is 1. The van der Waals surface area contributed by atoms with Crippen molar-refractivity contribution in [1.29, 1.82) is 0 Å². The van der Waals surface area contributed by atoms with Crippen LogP contribution in [0.1, 0.15) is 13.8 Å². The van der Waals surface area contributed by atoms with Crippen LogP contribution in [0.2, 0.25) is 0 Å². The lowest BCUT2D eigenvalue weighted by Gasteiger charge is -2.34. The topological polar surface area (TPSA) is 53.5 Å². The molecule has 0 bridgehead atoms. The monoisotopic (exact) mass is 301 g/mol. The number of pyridine rings is 1. The molecule has 7 heteroatoms. The van der Waals surface area contributed by atoms with Crippen molar-refractivity contribution in [3.8, 4) is 0 Å². The molecule has 5 nitrogen and oxygen atoms in total. The lowest BCUT2D eigenvalue weighted by atomic mass is 10.2. The van der Waals surface area contributed by atoms with Gasteiger partial charge in [-0.2, -0.15) is 4.31 Å². The number of nitrogens with zero attached hydrogens (tertiary/aromatic N) is 3. The Kier molecular flexibility index (Phi) is 4.72. The number of sulfonamides is 1. The molecule has 0 amide bonds. The highest BCUT2D eigenvalue weighted by molar-refractivity contribution is 7.89. The summed E-state index contributed by atoms with van der Waals surface area (Å²) in [7, 11) is -3.82. The third kappa shape index (κ3) is 3.34. The zero-order chi connectivity index (χ0) is 14.8. The van der Waals surface area contributed by atoms with Crippen LogP contribution >= 0.6 is 0 Å². The molecule has 1 aliphatic rings. The Hall–Kier alpha value is -1.05. The van der Waals surface area contributed by atoms with Gasteiger partial charge in [0.1, 0.15) is 0 Å². The van der Waals surface area contributed by atoms with Gasteiger partial charge >= 0.3 is 0 Å². The molecule has 0 N–H and O–H groups in total. The van der Waals surface area contributed by atoms with Gasteiger partial charge in [-0.15, -0.1) is 0 Å². The number of rotatable bonds is 4. The Morgan fingerprint density at radius 2 is 1.95 bits per heavy atom. The molecule has 1 aliphatic heterocycles. The molecule has 0 aliphatic carbocycles. The van der Waals surface area contributed by atoms with Gasteiger partial charge in [-0.1, -0.05) is 13.8 Å². The molecular formula is C13H20FN3O2S. The largest absolute Gasteiger partial charge is 0.300 e. The fraction of sp³-hybridized carbons (Fsp3) is 0.615. The number of hydrogen-bond donors (Lipinski definition) is 0. The van der Waals surface area contributed by atoms with Gasteiger partial charge in [0.25, 0.3) is 10.0 Å². The first-order valence-corrected chi connectivity index (χ1v) is 8.18. The van der Waals surface area contributed by atoms with Crippen molar-refractivity contribution in [3.05, 3.63) is 24.1 Å². The maximum atomic E-state index is 13.6. The Balaban J connectivity index is 2.08. The van der Waals surface area contributed by atoms with Crippen LogP contribution in [-0.2, 0) is 10.0 Å².